The van der Waals surface area contributed by atoms with Gasteiger partial charge in [0.1, 0.15) is 10.8 Å². The average Bonchev–Trinajstić information content (AvgIpc) is 2.40. The van der Waals surface area contributed by atoms with Gasteiger partial charge in [0.2, 0.25) is 0 Å². The monoisotopic (exact) mass is 311 g/mol. The maximum atomic E-state index is 13.8. The standard InChI is InChI=1S/C14H11ClFNO4/c1-8(18)10-3-2-4-12(16)14(10)21-9-5-6-13(17(19)20)11(15)7-9/h2-8,18H,1H3/t8-/m0/s1. The van der Waals surface area contributed by atoms with Gasteiger partial charge in [-0.2, -0.15) is 0 Å². The number of nitrogens with zero attached hydrogens (tertiary/aromatic N) is 1. The van der Waals surface area contributed by atoms with Crippen LogP contribution in [0.2, 0.25) is 5.02 Å². The van der Waals surface area contributed by atoms with Crippen molar-refractivity contribution in [2.75, 3.05) is 0 Å². The molecule has 0 unspecified atom stereocenters. The summed E-state index contributed by atoms with van der Waals surface area (Å²) in [6.07, 6.45) is -0.927. The molecular formula is C14H11ClFNO4. The Kier molecular flexibility index (Phi) is 4.40. The Balaban J connectivity index is 2.39. The number of para-hydroxylation sites is 1. The maximum absolute atomic E-state index is 13.8. The van der Waals surface area contributed by atoms with Crippen molar-refractivity contribution in [3.8, 4) is 11.5 Å². The predicted molar refractivity (Wildman–Crippen MR) is 75.2 cm³/mol. The van der Waals surface area contributed by atoms with Crippen molar-refractivity contribution in [3.63, 3.8) is 0 Å². The molecular weight excluding hydrogens is 301 g/mol. The first kappa shape index (κ1) is 15.2. The van der Waals surface area contributed by atoms with E-state index in [1.807, 2.05) is 0 Å². The van der Waals surface area contributed by atoms with E-state index in [1.165, 1.54) is 43.3 Å². The fourth-order valence-corrected chi connectivity index (χ4v) is 2.02. The highest BCUT2D eigenvalue weighted by Crippen LogP contribution is 2.35. The summed E-state index contributed by atoms with van der Waals surface area (Å²) in [4.78, 5) is 10.0. The third-order valence-electron chi connectivity index (χ3n) is 2.78. The number of rotatable bonds is 4. The number of aliphatic hydroxyl groups excluding tert-OH is 1. The molecule has 5 nitrogen and oxygen atoms in total. The minimum absolute atomic E-state index is 0.118. The summed E-state index contributed by atoms with van der Waals surface area (Å²) in [6.45, 7) is 1.48. The van der Waals surface area contributed by atoms with Gasteiger partial charge < -0.3 is 9.84 Å². The van der Waals surface area contributed by atoms with E-state index in [1.54, 1.807) is 0 Å². The number of nitro benzene ring substituents is 1. The number of ether oxygens (including phenoxy) is 1. The third kappa shape index (κ3) is 3.29. The Hall–Kier alpha value is -2.18. The normalized spacial score (nSPS) is 12.0. The molecule has 0 aliphatic heterocycles. The lowest BCUT2D eigenvalue weighted by Crippen LogP contribution is -1.99. The molecule has 21 heavy (non-hydrogen) atoms. The van der Waals surface area contributed by atoms with Gasteiger partial charge in [-0.3, -0.25) is 10.1 Å². The van der Waals surface area contributed by atoms with Gasteiger partial charge in [0.25, 0.3) is 5.69 Å². The summed E-state index contributed by atoms with van der Waals surface area (Å²) < 4.78 is 19.2. The van der Waals surface area contributed by atoms with Gasteiger partial charge >= 0.3 is 0 Å². The van der Waals surface area contributed by atoms with E-state index in [4.69, 9.17) is 16.3 Å². The van der Waals surface area contributed by atoms with Gasteiger partial charge in [0.05, 0.1) is 11.0 Å². The summed E-state index contributed by atoms with van der Waals surface area (Å²) in [6, 6.07) is 7.86. The first-order valence-corrected chi connectivity index (χ1v) is 6.36. The first-order chi connectivity index (χ1) is 9.90. The molecule has 0 amide bonds. The molecule has 1 atom stereocenters. The molecule has 7 heteroatoms. The van der Waals surface area contributed by atoms with Gasteiger partial charge in [0.15, 0.2) is 11.6 Å². The average molecular weight is 312 g/mol. The number of nitro groups is 1. The van der Waals surface area contributed by atoms with Gasteiger partial charge in [-0.1, -0.05) is 23.7 Å². The quantitative estimate of drug-likeness (QED) is 0.677. The summed E-state index contributed by atoms with van der Waals surface area (Å²) in [5, 5.41) is 20.2. The second kappa shape index (κ2) is 6.07. The Bertz CT molecular complexity index is 691. The summed E-state index contributed by atoms with van der Waals surface area (Å²) in [5.74, 6) is -0.655. The Labute approximate surface area is 124 Å². The molecule has 0 radical (unpaired) electrons. The van der Waals surface area contributed by atoms with Crippen LogP contribution >= 0.6 is 11.6 Å². The summed E-state index contributed by atoms with van der Waals surface area (Å²) in [7, 11) is 0. The molecule has 2 aromatic rings. The van der Waals surface area contributed by atoms with Crippen LogP contribution in [0.3, 0.4) is 0 Å². The lowest BCUT2D eigenvalue weighted by atomic mass is 10.1. The zero-order chi connectivity index (χ0) is 15.6. The van der Waals surface area contributed by atoms with E-state index >= 15 is 0 Å². The van der Waals surface area contributed by atoms with Crippen molar-refractivity contribution < 1.29 is 19.2 Å². The molecule has 2 rings (SSSR count). The van der Waals surface area contributed by atoms with Crippen LogP contribution in [0.25, 0.3) is 0 Å². The Morgan fingerprint density at radius 2 is 2.10 bits per heavy atom. The minimum Gasteiger partial charge on any atom is -0.454 e. The van der Waals surface area contributed by atoms with Gasteiger partial charge in [-0.25, -0.2) is 4.39 Å². The molecule has 0 spiro atoms. The number of aliphatic hydroxyl groups is 1. The van der Waals surface area contributed by atoms with Crippen LogP contribution in [0.4, 0.5) is 10.1 Å². The second-order valence-electron chi connectivity index (χ2n) is 4.31. The first-order valence-electron chi connectivity index (χ1n) is 5.98. The van der Waals surface area contributed by atoms with E-state index in [2.05, 4.69) is 0 Å². The van der Waals surface area contributed by atoms with Crippen LogP contribution in [0.1, 0.15) is 18.6 Å². The van der Waals surface area contributed by atoms with Gasteiger partial charge in [0, 0.05) is 17.7 Å². The van der Waals surface area contributed by atoms with Crippen molar-refractivity contribution in [2.45, 2.75) is 13.0 Å². The van der Waals surface area contributed by atoms with Crippen LogP contribution in [-0.2, 0) is 0 Å². The molecule has 0 heterocycles. The van der Waals surface area contributed by atoms with E-state index in [-0.39, 0.29) is 27.8 Å². The molecule has 0 saturated heterocycles. The van der Waals surface area contributed by atoms with Crippen molar-refractivity contribution in [1.29, 1.82) is 0 Å². The fraction of sp³-hybridized carbons (Fsp3) is 0.143. The highest BCUT2D eigenvalue weighted by Gasteiger charge is 2.17. The molecule has 0 aliphatic rings. The van der Waals surface area contributed by atoms with E-state index in [9.17, 15) is 19.6 Å². The van der Waals surface area contributed by atoms with Crippen molar-refractivity contribution >= 4 is 17.3 Å². The van der Waals surface area contributed by atoms with Crippen LogP contribution in [-0.4, -0.2) is 10.0 Å². The zero-order valence-corrected chi connectivity index (χ0v) is 11.7. The van der Waals surface area contributed by atoms with Crippen molar-refractivity contribution in [2.24, 2.45) is 0 Å². The third-order valence-corrected chi connectivity index (χ3v) is 3.09. The minimum atomic E-state index is -0.927. The largest absolute Gasteiger partial charge is 0.454 e. The van der Waals surface area contributed by atoms with E-state index in [0.717, 1.165) is 0 Å². The highest BCUT2D eigenvalue weighted by atomic mass is 35.5. The van der Waals surface area contributed by atoms with Crippen LogP contribution in [0.15, 0.2) is 36.4 Å². The molecule has 2 aromatic carbocycles. The van der Waals surface area contributed by atoms with Crippen LogP contribution < -0.4 is 4.74 Å². The van der Waals surface area contributed by atoms with Gasteiger partial charge in [-0.15, -0.1) is 0 Å². The van der Waals surface area contributed by atoms with Crippen molar-refractivity contribution in [3.05, 3.63) is 62.9 Å². The van der Waals surface area contributed by atoms with Gasteiger partial charge in [-0.05, 0) is 19.1 Å². The Morgan fingerprint density at radius 1 is 1.38 bits per heavy atom. The molecule has 110 valence electrons. The maximum Gasteiger partial charge on any atom is 0.288 e. The van der Waals surface area contributed by atoms with Crippen molar-refractivity contribution in [1.82, 2.24) is 0 Å². The van der Waals surface area contributed by atoms with Crippen LogP contribution in [0.5, 0.6) is 11.5 Å². The molecule has 0 bridgehead atoms. The number of halogens is 2. The van der Waals surface area contributed by atoms with Crippen LogP contribution in [0, 0.1) is 15.9 Å². The number of hydrogen-bond acceptors (Lipinski definition) is 4. The summed E-state index contributed by atoms with van der Waals surface area (Å²) >= 11 is 5.77. The second-order valence-corrected chi connectivity index (χ2v) is 4.71. The predicted octanol–water partition coefficient (Wildman–Crippen LogP) is 4.23. The van der Waals surface area contributed by atoms with E-state index in [0.29, 0.717) is 0 Å². The summed E-state index contributed by atoms with van der Waals surface area (Å²) in [5.41, 5.74) is -0.00206. The number of hydrogen-bond donors (Lipinski definition) is 1. The lowest BCUT2D eigenvalue weighted by Gasteiger charge is -2.14. The molecule has 0 saturated carbocycles. The highest BCUT2D eigenvalue weighted by molar-refractivity contribution is 6.32. The zero-order valence-electron chi connectivity index (χ0n) is 10.9. The Morgan fingerprint density at radius 3 is 2.67 bits per heavy atom. The molecule has 1 N–H and O–H groups in total. The molecule has 0 fully saturated rings. The molecule has 0 aliphatic carbocycles. The lowest BCUT2D eigenvalue weighted by molar-refractivity contribution is -0.384. The fourth-order valence-electron chi connectivity index (χ4n) is 1.78. The van der Waals surface area contributed by atoms with E-state index < -0.39 is 16.8 Å². The SMILES string of the molecule is C[C@H](O)c1cccc(F)c1Oc1ccc([N+](=O)[O-])c(Cl)c1. The smallest absolute Gasteiger partial charge is 0.288 e. The topological polar surface area (TPSA) is 72.6 Å². The number of benzene rings is 2. The molecule has 0 aromatic heterocycles.